The second-order valence-electron chi connectivity index (χ2n) is 5.99. The van der Waals surface area contributed by atoms with Gasteiger partial charge in [0.2, 0.25) is 0 Å². The van der Waals surface area contributed by atoms with E-state index < -0.39 is 0 Å². The number of hydrogen-bond donors (Lipinski definition) is 1. The number of hydrogen-bond acceptors (Lipinski definition) is 2. The average Bonchev–Trinajstić information content (AvgIpc) is 3.12. The zero-order chi connectivity index (χ0) is 17.1. The highest BCUT2D eigenvalue weighted by molar-refractivity contribution is 9.10. The van der Waals surface area contributed by atoms with Gasteiger partial charge in [-0.1, -0.05) is 22.0 Å². The number of amides is 2. The molecule has 1 saturated heterocycles. The fraction of sp³-hybridized carbons (Fsp3) is 0.263. The number of benzene rings is 2. The second-order valence-corrected chi connectivity index (χ2v) is 6.85. The zero-order valence-electron chi connectivity index (χ0n) is 13.5. The van der Waals surface area contributed by atoms with Gasteiger partial charge in [-0.3, -0.25) is 9.59 Å². The molecule has 0 bridgehead atoms. The van der Waals surface area contributed by atoms with Gasteiger partial charge in [-0.05, 0) is 61.7 Å². The molecule has 5 heteroatoms. The Morgan fingerprint density at radius 3 is 2.25 bits per heavy atom. The van der Waals surface area contributed by atoms with Gasteiger partial charge in [-0.25, -0.2) is 0 Å². The largest absolute Gasteiger partial charge is 0.339 e. The molecule has 0 unspecified atom stereocenters. The van der Waals surface area contributed by atoms with Crippen molar-refractivity contribution in [1.82, 2.24) is 4.90 Å². The lowest BCUT2D eigenvalue weighted by Gasteiger charge is -2.15. The number of carbonyl (C=O) groups is 2. The molecule has 3 rings (SSSR count). The lowest BCUT2D eigenvalue weighted by molar-refractivity contribution is 0.0792. The fourth-order valence-electron chi connectivity index (χ4n) is 2.74. The number of nitrogens with one attached hydrogen (secondary N) is 1. The van der Waals surface area contributed by atoms with Crippen LogP contribution in [-0.2, 0) is 0 Å². The minimum Gasteiger partial charge on any atom is -0.339 e. The van der Waals surface area contributed by atoms with Crippen molar-refractivity contribution in [3.05, 3.63) is 63.6 Å². The molecule has 2 aromatic rings. The molecule has 0 aliphatic carbocycles. The molecule has 1 N–H and O–H groups in total. The lowest BCUT2D eigenvalue weighted by atomic mass is 10.1. The van der Waals surface area contributed by atoms with Gasteiger partial charge < -0.3 is 10.2 Å². The van der Waals surface area contributed by atoms with E-state index in [1.54, 1.807) is 36.4 Å². The molecule has 1 aliphatic rings. The monoisotopic (exact) mass is 386 g/mol. The standard InChI is InChI=1S/C19H19BrN2O2/c1-13-4-5-15(12-17(13)20)18(23)21-16-8-6-14(7-9-16)19(24)22-10-2-3-11-22/h4-9,12H,2-3,10-11H2,1H3,(H,21,23). The molecular weight excluding hydrogens is 368 g/mol. The van der Waals surface area contributed by atoms with E-state index in [1.807, 2.05) is 17.9 Å². The summed E-state index contributed by atoms with van der Waals surface area (Å²) in [5, 5.41) is 2.86. The normalized spacial score (nSPS) is 13.8. The van der Waals surface area contributed by atoms with E-state index in [-0.39, 0.29) is 11.8 Å². The first-order valence-corrected chi connectivity index (χ1v) is 8.81. The van der Waals surface area contributed by atoms with E-state index >= 15 is 0 Å². The summed E-state index contributed by atoms with van der Waals surface area (Å²) in [5.41, 5.74) is 3.00. The van der Waals surface area contributed by atoms with Crippen LogP contribution in [0.25, 0.3) is 0 Å². The van der Waals surface area contributed by atoms with Crippen LogP contribution in [0.4, 0.5) is 5.69 Å². The Morgan fingerprint density at radius 2 is 1.62 bits per heavy atom. The molecular formula is C19H19BrN2O2. The van der Waals surface area contributed by atoms with E-state index in [2.05, 4.69) is 21.2 Å². The number of aryl methyl sites for hydroxylation is 1. The summed E-state index contributed by atoms with van der Waals surface area (Å²) in [5.74, 6) is -0.109. The van der Waals surface area contributed by atoms with Crippen LogP contribution < -0.4 is 5.32 Å². The van der Waals surface area contributed by atoms with Gasteiger partial charge in [0, 0.05) is 34.4 Å². The van der Waals surface area contributed by atoms with Crippen LogP contribution in [0.15, 0.2) is 46.9 Å². The highest BCUT2D eigenvalue weighted by Gasteiger charge is 2.19. The highest BCUT2D eigenvalue weighted by Crippen LogP contribution is 2.19. The van der Waals surface area contributed by atoms with Gasteiger partial charge in [0.25, 0.3) is 11.8 Å². The summed E-state index contributed by atoms with van der Waals surface area (Å²) < 4.78 is 0.904. The molecule has 0 spiro atoms. The molecule has 4 nitrogen and oxygen atoms in total. The van der Waals surface area contributed by atoms with Crippen molar-refractivity contribution in [2.24, 2.45) is 0 Å². The van der Waals surface area contributed by atoms with E-state index in [0.29, 0.717) is 16.8 Å². The third-order valence-corrected chi connectivity index (χ3v) is 5.07. The Labute approximate surface area is 150 Å². The number of halogens is 1. The smallest absolute Gasteiger partial charge is 0.255 e. The summed E-state index contributed by atoms with van der Waals surface area (Å²) in [6.07, 6.45) is 2.15. The lowest BCUT2D eigenvalue weighted by Crippen LogP contribution is -2.27. The van der Waals surface area contributed by atoms with Crippen molar-refractivity contribution in [2.75, 3.05) is 18.4 Å². The molecule has 0 aromatic heterocycles. The predicted octanol–water partition coefficient (Wildman–Crippen LogP) is 4.25. The predicted molar refractivity (Wildman–Crippen MR) is 98.4 cm³/mol. The highest BCUT2D eigenvalue weighted by atomic mass is 79.9. The molecule has 124 valence electrons. The van der Waals surface area contributed by atoms with Crippen molar-refractivity contribution in [1.29, 1.82) is 0 Å². The van der Waals surface area contributed by atoms with E-state index in [0.717, 1.165) is 36.0 Å². The second kappa shape index (κ2) is 7.18. The quantitative estimate of drug-likeness (QED) is 0.856. The minimum atomic E-state index is -0.172. The molecule has 2 amide bonds. The van der Waals surface area contributed by atoms with E-state index in [9.17, 15) is 9.59 Å². The minimum absolute atomic E-state index is 0.0628. The SMILES string of the molecule is Cc1ccc(C(=O)Nc2ccc(C(=O)N3CCCC3)cc2)cc1Br. The van der Waals surface area contributed by atoms with Crippen LogP contribution in [0.1, 0.15) is 39.1 Å². The molecule has 0 radical (unpaired) electrons. The zero-order valence-corrected chi connectivity index (χ0v) is 15.1. The Morgan fingerprint density at radius 1 is 1.00 bits per heavy atom. The third-order valence-electron chi connectivity index (χ3n) is 4.22. The number of anilines is 1. The van der Waals surface area contributed by atoms with Gasteiger partial charge >= 0.3 is 0 Å². The summed E-state index contributed by atoms with van der Waals surface area (Å²) in [7, 11) is 0. The first-order valence-electron chi connectivity index (χ1n) is 8.01. The fourth-order valence-corrected chi connectivity index (χ4v) is 3.12. The van der Waals surface area contributed by atoms with Gasteiger partial charge in [0.1, 0.15) is 0 Å². The molecule has 0 saturated carbocycles. The van der Waals surface area contributed by atoms with Crippen molar-refractivity contribution >= 4 is 33.4 Å². The Bertz CT molecular complexity index is 765. The van der Waals surface area contributed by atoms with E-state index in [4.69, 9.17) is 0 Å². The molecule has 1 fully saturated rings. The number of likely N-dealkylation sites (tertiary alicyclic amines) is 1. The van der Waals surface area contributed by atoms with Crippen LogP contribution in [0.3, 0.4) is 0 Å². The van der Waals surface area contributed by atoms with Crippen LogP contribution in [0.5, 0.6) is 0 Å². The van der Waals surface area contributed by atoms with Crippen LogP contribution in [0.2, 0.25) is 0 Å². The maximum Gasteiger partial charge on any atom is 0.255 e. The Kier molecular flexibility index (Phi) is 5.00. The average molecular weight is 387 g/mol. The van der Waals surface area contributed by atoms with Crippen molar-refractivity contribution in [3.63, 3.8) is 0 Å². The first-order chi connectivity index (χ1) is 11.5. The molecule has 24 heavy (non-hydrogen) atoms. The van der Waals surface area contributed by atoms with Crippen molar-refractivity contribution in [3.8, 4) is 0 Å². The van der Waals surface area contributed by atoms with Crippen LogP contribution >= 0.6 is 15.9 Å². The van der Waals surface area contributed by atoms with Gasteiger partial charge in [0.15, 0.2) is 0 Å². The van der Waals surface area contributed by atoms with Gasteiger partial charge in [0.05, 0.1) is 0 Å². The molecule has 2 aromatic carbocycles. The van der Waals surface area contributed by atoms with Crippen molar-refractivity contribution < 1.29 is 9.59 Å². The number of carbonyl (C=O) groups excluding carboxylic acids is 2. The maximum absolute atomic E-state index is 12.3. The van der Waals surface area contributed by atoms with Crippen LogP contribution in [-0.4, -0.2) is 29.8 Å². The Hall–Kier alpha value is -2.14. The Balaban J connectivity index is 1.68. The van der Waals surface area contributed by atoms with Crippen molar-refractivity contribution in [2.45, 2.75) is 19.8 Å². The summed E-state index contributed by atoms with van der Waals surface area (Å²) in [6.45, 7) is 3.64. The maximum atomic E-state index is 12.3. The number of rotatable bonds is 3. The molecule has 0 atom stereocenters. The van der Waals surface area contributed by atoms with Gasteiger partial charge in [-0.15, -0.1) is 0 Å². The summed E-state index contributed by atoms with van der Waals surface area (Å²) in [6, 6.07) is 12.6. The summed E-state index contributed by atoms with van der Waals surface area (Å²) in [4.78, 5) is 26.5. The van der Waals surface area contributed by atoms with E-state index in [1.165, 1.54) is 0 Å². The van der Waals surface area contributed by atoms with Crippen LogP contribution in [0, 0.1) is 6.92 Å². The number of nitrogens with zero attached hydrogens (tertiary/aromatic N) is 1. The third kappa shape index (κ3) is 3.67. The topological polar surface area (TPSA) is 49.4 Å². The van der Waals surface area contributed by atoms with Gasteiger partial charge in [-0.2, -0.15) is 0 Å². The molecule has 1 aliphatic heterocycles. The summed E-state index contributed by atoms with van der Waals surface area (Å²) >= 11 is 3.44. The molecule has 1 heterocycles. The first kappa shape index (κ1) is 16.7.